The van der Waals surface area contributed by atoms with Crippen molar-refractivity contribution in [1.82, 2.24) is 19.5 Å². The fraction of sp³-hybridized carbons (Fsp3) is 0. The number of nitrogens with zero attached hydrogens (tertiary/aromatic N) is 4. The van der Waals surface area contributed by atoms with Crippen molar-refractivity contribution in [3.05, 3.63) is 182 Å². The van der Waals surface area contributed by atoms with Crippen LogP contribution in [0.25, 0.3) is 104 Å². The van der Waals surface area contributed by atoms with Crippen LogP contribution in [0.3, 0.4) is 0 Å². The Labute approximate surface area is 315 Å². The van der Waals surface area contributed by atoms with Crippen LogP contribution in [0.5, 0.6) is 0 Å². The Morgan fingerprint density at radius 3 is 1.85 bits per heavy atom. The molecule has 0 saturated carbocycles. The molecule has 11 rings (SSSR count). The van der Waals surface area contributed by atoms with Crippen molar-refractivity contribution in [2.45, 2.75) is 0 Å². The number of benzene rings is 8. The molecular formula is C49H30N4S. The summed E-state index contributed by atoms with van der Waals surface area (Å²) < 4.78 is 4.79. The van der Waals surface area contributed by atoms with E-state index in [9.17, 15) is 0 Å². The molecule has 0 fully saturated rings. The van der Waals surface area contributed by atoms with Crippen molar-refractivity contribution >= 4 is 64.1 Å². The smallest absolute Gasteiger partial charge is 0.165 e. The standard InChI is InChI=1S/C49H30N4S/c1-3-14-31(15-4-1)34-19-13-20-35(28-34)48-50-47(33-17-5-2-6-18-33)51-49(52-48)41-30-36(29-40-38-22-10-12-25-44(38)54-46(40)41)53-42-24-11-9-23-39(42)45-37-21-8-7-16-32(37)26-27-43(45)53/h1-30H. The van der Waals surface area contributed by atoms with Gasteiger partial charge in [0.15, 0.2) is 17.5 Å². The summed E-state index contributed by atoms with van der Waals surface area (Å²) in [6.45, 7) is 0. The molecule has 0 aliphatic heterocycles. The van der Waals surface area contributed by atoms with Gasteiger partial charge in [-0.05, 0) is 58.3 Å². The van der Waals surface area contributed by atoms with Gasteiger partial charge in [0.05, 0.1) is 11.0 Å². The highest BCUT2D eigenvalue weighted by Gasteiger charge is 2.21. The van der Waals surface area contributed by atoms with E-state index in [0.717, 1.165) is 43.7 Å². The minimum Gasteiger partial charge on any atom is -0.309 e. The number of hydrogen-bond acceptors (Lipinski definition) is 4. The first kappa shape index (κ1) is 30.7. The van der Waals surface area contributed by atoms with E-state index in [0.29, 0.717) is 17.5 Å². The second-order valence-electron chi connectivity index (χ2n) is 13.6. The molecule has 8 aromatic carbocycles. The Kier molecular flexibility index (Phi) is 7.00. The first-order valence-corrected chi connectivity index (χ1v) is 18.9. The lowest BCUT2D eigenvalue weighted by Crippen LogP contribution is -2.01. The Bertz CT molecular complexity index is 3220. The first-order chi connectivity index (χ1) is 26.8. The molecular weight excluding hydrogens is 677 g/mol. The van der Waals surface area contributed by atoms with Crippen LogP contribution < -0.4 is 0 Å². The van der Waals surface area contributed by atoms with Gasteiger partial charge in [-0.25, -0.2) is 15.0 Å². The molecule has 11 aromatic rings. The molecule has 3 aromatic heterocycles. The number of fused-ring (bicyclic) bond motifs is 8. The van der Waals surface area contributed by atoms with E-state index >= 15 is 0 Å². The molecule has 0 amide bonds. The van der Waals surface area contributed by atoms with Gasteiger partial charge in [-0.2, -0.15) is 0 Å². The van der Waals surface area contributed by atoms with Crippen LogP contribution in [0.2, 0.25) is 0 Å². The maximum Gasteiger partial charge on any atom is 0.165 e. The van der Waals surface area contributed by atoms with Crippen LogP contribution in [-0.2, 0) is 0 Å². The lowest BCUT2D eigenvalue weighted by atomic mass is 10.0. The van der Waals surface area contributed by atoms with E-state index in [-0.39, 0.29) is 0 Å². The number of thiophene rings is 1. The fourth-order valence-electron chi connectivity index (χ4n) is 7.93. The van der Waals surface area contributed by atoms with E-state index in [1.54, 1.807) is 11.3 Å². The molecule has 0 radical (unpaired) electrons. The topological polar surface area (TPSA) is 43.6 Å². The van der Waals surface area contributed by atoms with Crippen molar-refractivity contribution in [3.8, 4) is 51.0 Å². The van der Waals surface area contributed by atoms with Crippen LogP contribution >= 0.6 is 11.3 Å². The average Bonchev–Trinajstić information content (AvgIpc) is 3.80. The summed E-state index contributed by atoms with van der Waals surface area (Å²) in [5, 5.41) is 7.37. The molecule has 0 aliphatic carbocycles. The van der Waals surface area contributed by atoms with Crippen molar-refractivity contribution in [2.24, 2.45) is 0 Å². The largest absolute Gasteiger partial charge is 0.309 e. The molecule has 0 atom stereocenters. The molecule has 0 N–H and O–H groups in total. The summed E-state index contributed by atoms with van der Waals surface area (Å²) in [7, 11) is 0. The summed E-state index contributed by atoms with van der Waals surface area (Å²) in [4.78, 5) is 15.7. The Hall–Kier alpha value is -6.95. The Morgan fingerprint density at radius 2 is 1.02 bits per heavy atom. The van der Waals surface area contributed by atoms with Crippen LogP contribution in [0.15, 0.2) is 182 Å². The van der Waals surface area contributed by atoms with Crippen LogP contribution in [0, 0.1) is 0 Å². The second-order valence-corrected chi connectivity index (χ2v) is 14.7. The molecule has 4 nitrogen and oxygen atoms in total. The summed E-state index contributed by atoms with van der Waals surface area (Å²) in [6.07, 6.45) is 0. The van der Waals surface area contributed by atoms with Crippen LogP contribution in [0.4, 0.5) is 0 Å². The maximum absolute atomic E-state index is 5.32. The fourth-order valence-corrected chi connectivity index (χ4v) is 9.13. The van der Waals surface area contributed by atoms with Gasteiger partial charge in [-0.15, -0.1) is 11.3 Å². The predicted molar refractivity (Wildman–Crippen MR) is 226 cm³/mol. The summed E-state index contributed by atoms with van der Waals surface area (Å²) in [5.74, 6) is 1.93. The summed E-state index contributed by atoms with van der Waals surface area (Å²) in [6, 6.07) is 64.4. The van der Waals surface area contributed by atoms with E-state index < -0.39 is 0 Å². The predicted octanol–water partition coefficient (Wildman–Crippen LogP) is 13.2. The SMILES string of the molecule is c1ccc(-c2cccc(-c3nc(-c4ccccc4)nc(-c4cc(-n5c6ccccc6c6c7ccccc7ccc65)cc5c4sc4ccccc45)n3)c2)cc1. The highest BCUT2D eigenvalue weighted by molar-refractivity contribution is 7.26. The number of rotatable bonds is 5. The molecule has 54 heavy (non-hydrogen) atoms. The van der Waals surface area contributed by atoms with Crippen molar-refractivity contribution in [1.29, 1.82) is 0 Å². The highest BCUT2D eigenvalue weighted by Crippen LogP contribution is 2.44. The third kappa shape index (κ3) is 4.94. The number of hydrogen-bond donors (Lipinski definition) is 0. The average molecular weight is 707 g/mol. The Morgan fingerprint density at radius 1 is 0.389 bits per heavy atom. The van der Waals surface area contributed by atoms with Gasteiger partial charge in [0, 0.05) is 53.3 Å². The first-order valence-electron chi connectivity index (χ1n) is 18.1. The minimum atomic E-state index is 0.639. The lowest BCUT2D eigenvalue weighted by Gasteiger charge is -2.13. The quantitative estimate of drug-likeness (QED) is 0.179. The molecule has 0 spiro atoms. The minimum absolute atomic E-state index is 0.639. The molecule has 5 heteroatoms. The van der Waals surface area contributed by atoms with Gasteiger partial charge >= 0.3 is 0 Å². The zero-order valence-corrected chi connectivity index (χ0v) is 29.8. The summed E-state index contributed by atoms with van der Waals surface area (Å²) >= 11 is 1.79. The van der Waals surface area contributed by atoms with Gasteiger partial charge < -0.3 is 4.57 Å². The van der Waals surface area contributed by atoms with Crippen LogP contribution in [-0.4, -0.2) is 19.5 Å². The van der Waals surface area contributed by atoms with Crippen molar-refractivity contribution in [3.63, 3.8) is 0 Å². The third-order valence-electron chi connectivity index (χ3n) is 10.4. The molecule has 0 saturated heterocycles. The van der Waals surface area contributed by atoms with E-state index in [2.05, 4.69) is 162 Å². The molecule has 0 bridgehead atoms. The molecule has 0 aliphatic rings. The van der Waals surface area contributed by atoms with Crippen molar-refractivity contribution in [2.75, 3.05) is 0 Å². The number of aromatic nitrogens is 4. The van der Waals surface area contributed by atoms with Gasteiger partial charge in [-0.1, -0.05) is 146 Å². The molecule has 0 unspecified atom stereocenters. The van der Waals surface area contributed by atoms with Gasteiger partial charge in [-0.3, -0.25) is 0 Å². The van der Waals surface area contributed by atoms with E-state index in [4.69, 9.17) is 15.0 Å². The maximum atomic E-state index is 5.32. The molecule has 252 valence electrons. The van der Waals surface area contributed by atoms with E-state index in [1.807, 2.05) is 24.3 Å². The monoisotopic (exact) mass is 706 g/mol. The van der Waals surface area contributed by atoms with E-state index in [1.165, 1.54) is 42.5 Å². The van der Waals surface area contributed by atoms with Crippen molar-refractivity contribution < 1.29 is 0 Å². The number of para-hydroxylation sites is 1. The lowest BCUT2D eigenvalue weighted by molar-refractivity contribution is 1.07. The van der Waals surface area contributed by atoms with Gasteiger partial charge in [0.25, 0.3) is 0 Å². The van der Waals surface area contributed by atoms with Crippen LogP contribution in [0.1, 0.15) is 0 Å². The second kappa shape index (κ2) is 12.3. The zero-order valence-electron chi connectivity index (χ0n) is 29.0. The molecule has 3 heterocycles. The van der Waals surface area contributed by atoms with Gasteiger partial charge in [0.2, 0.25) is 0 Å². The Balaban J connectivity index is 1.21. The normalized spacial score (nSPS) is 11.7. The highest BCUT2D eigenvalue weighted by atomic mass is 32.1. The summed E-state index contributed by atoms with van der Waals surface area (Å²) in [5.41, 5.74) is 8.52. The zero-order chi connectivity index (χ0) is 35.6. The van der Waals surface area contributed by atoms with Gasteiger partial charge in [0.1, 0.15) is 0 Å². The third-order valence-corrected chi connectivity index (χ3v) is 11.6.